The van der Waals surface area contributed by atoms with Gasteiger partial charge in [-0.15, -0.1) is 0 Å². The van der Waals surface area contributed by atoms with Crippen LogP contribution in [0.4, 0.5) is 0 Å². The summed E-state index contributed by atoms with van der Waals surface area (Å²) >= 11 is 0. The molecule has 0 unspecified atom stereocenters. The number of nitrogens with zero attached hydrogens (tertiary/aromatic N) is 1. The minimum Gasteiger partial charge on any atom is -0.312 e. The molecule has 2 aliphatic heterocycles. The Morgan fingerprint density at radius 3 is 2.24 bits per heavy atom. The fourth-order valence-corrected chi connectivity index (χ4v) is 5.81. The second kappa shape index (κ2) is 7.56. The number of hydrogen-bond acceptors (Lipinski definition) is 3. The Kier molecular flexibility index (Phi) is 5.74. The predicted molar refractivity (Wildman–Crippen MR) is 90.1 cm³/mol. The molecule has 3 aliphatic rings. The van der Waals surface area contributed by atoms with Crippen LogP contribution in [0.15, 0.2) is 0 Å². The number of piperidine rings is 1. The average Bonchev–Trinajstić information content (AvgIpc) is 2.56. The maximum atomic E-state index is 11.5. The lowest BCUT2D eigenvalue weighted by Gasteiger charge is -2.49. The first-order valence-electron chi connectivity index (χ1n) is 9.12. The van der Waals surface area contributed by atoms with Gasteiger partial charge < -0.3 is 5.32 Å². The van der Waals surface area contributed by atoms with E-state index in [0.29, 0.717) is 11.6 Å². The van der Waals surface area contributed by atoms with E-state index >= 15 is 0 Å². The number of rotatable bonds is 4. The van der Waals surface area contributed by atoms with E-state index in [1.54, 1.807) is 0 Å². The molecule has 0 bridgehead atoms. The molecule has 1 N–H and O–H groups in total. The highest BCUT2D eigenvalue weighted by Crippen LogP contribution is 2.35. The van der Waals surface area contributed by atoms with Crippen LogP contribution >= 0.6 is 0 Å². The van der Waals surface area contributed by atoms with Gasteiger partial charge in [0.15, 0.2) is 0 Å². The maximum Gasteiger partial charge on any atom is 0.0334 e. The average molecular weight is 313 g/mol. The van der Waals surface area contributed by atoms with Gasteiger partial charge in [-0.05, 0) is 51.6 Å². The summed E-state index contributed by atoms with van der Waals surface area (Å²) in [6, 6.07) is 0.617. The molecule has 3 fully saturated rings. The highest BCUT2D eigenvalue weighted by atomic mass is 32.2. The zero-order valence-electron chi connectivity index (χ0n) is 13.4. The fraction of sp³-hybridized carbons (Fsp3) is 1.00. The van der Waals surface area contributed by atoms with Crippen LogP contribution in [-0.4, -0.2) is 51.8 Å². The molecule has 2 heterocycles. The van der Waals surface area contributed by atoms with Crippen LogP contribution in [0.1, 0.15) is 64.2 Å². The van der Waals surface area contributed by atoms with Crippen LogP contribution < -0.4 is 5.32 Å². The minimum absolute atomic E-state index is 0.440. The summed E-state index contributed by atoms with van der Waals surface area (Å²) in [5, 5.41) is 3.87. The standard InChI is InChI=1S/C17H32N2OS/c20-21-13-7-16(8-14-21)18-15-17(9-3-1-4-10-17)19-11-5-2-6-12-19/h16,18H,1-15H2. The molecule has 0 atom stereocenters. The molecule has 2 saturated heterocycles. The van der Waals surface area contributed by atoms with Gasteiger partial charge in [0.1, 0.15) is 0 Å². The zero-order valence-corrected chi connectivity index (χ0v) is 14.3. The zero-order chi connectivity index (χ0) is 14.5. The van der Waals surface area contributed by atoms with Crippen molar-refractivity contribution in [1.82, 2.24) is 10.2 Å². The van der Waals surface area contributed by atoms with Crippen molar-refractivity contribution in [3.63, 3.8) is 0 Å². The maximum absolute atomic E-state index is 11.5. The normalized spacial score (nSPS) is 34.7. The summed E-state index contributed by atoms with van der Waals surface area (Å²) < 4.78 is 11.5. The smallest absolute Gasteiger partial charge is 0.0334 e. The van der Waals surface area contributed by atoms with Crippen molar-refractivity contribution in [2.75, 3.05) is 31.1 Å². The molecule has 0 aromatic carbocycles. The molecule has 0 aromatic rings. The molecule has 1 saturated carbocycles. The van der Waals surface area contributed by atoms with E-state index < -0.39 is 10.8 Å². The number of hydrogen-bond donors (Lipinski definition) is 1. The Hall–Kier alpha value is 0.0700. The number of nitrogens with one attached hydrogen (secondary N) is 1. The van der Waals surface area contributed by atoms with Crippen molar-refractivity contribution in [2.24, 2.45) is 0 Å². The monoisotopic (exact) mass is 312 g/mol. The van der Waals surface area contributed by atoms with Crippen molar-refractivity contribution < 1.29 is 4.21 Å². The van der Waals surface area contributed by atoms with Crippen LogP contribution in [0.25, 0.3) is 0 Å². The predicted octanol–water partition coefficient (Wildman–Crippen LogP) is 2.68. The summed E-state index contributed by atoms with van der Waals surface area (Å²) in [6.45, 7) is 3.80. The second-order valence-electron chi connectivity index (χ2n) is 7.34. The molecule has 3 rings (SSSR count). The third-order valence-electron chi connectivity index (χ3n) is 5.92. The van der Waals surface area contributed by atoms with E-state index in [-0.39, 0.29) is 0 Å². The lowest BCUT2D eigenvalue weighted by molar-refractivity contribution is 0.0311. The molecule has 122 valence electrons. The van der Waals surface area contributed by atoms with Crippen molar-refractivity contribution in [2.45, 2.75) is 75.8 Å². The third-order valence-corrected chi connectivity index (χ3v) is 7.30. The Morgan fingerprint density at radius 1 is 0.952 bits per heavy atom. The van der Waals surface area contributed by atoms with Crippen LogP contribution in [0.2, 0.25) is 0 Å². The van der Waals surface area contributed by atoms with Gasteiger partial charge in [0.25, 0.3) is 0 Å². The lowest BCUT2D eigenvalue weighted by Crippen LogP contribution is -2.58. The highest BCUT2D eigenvalue weighted by Gasteiger charge is 2.38. The Morgan fingerprint density at radius 2 is 1.57 bits per heavy atom. The Balaban J connectivity index is 1.58. The van der Waals surface area contributed by atoms with Crippen LogP contribution in [0.3, 0.4) is 0 Å². The van der Waals surface area contributed by atoms with Gasteiger partial charge in [0.05, 0.1) is 0 Å². The SMILES string of the molecule is O=S1CCC(NCC2(N3CCCCC3)CCCCC2)CC1. The van der Waals surface area contributed by atoms with Crippen molar-refractivity contribution in [3.8, 4) is 0 Å². The van der Waals surface area contributed by atoms with Crippen LogP contribution in [-0.2, 0) is 10.8 Å². The molecule has 21 heavy (non-hydrogen) atoms. The minimum atomic E-state index is -0.534. The first-order valence-corrected chi connectivity index (χ1v) is 10.6. The highest BCUT2D eigenvalue weighted by molar-refractivity contribution is 7.85. The van der Waals surface area contributed by atoms with Crippen molar-refractivity contribution in [3.05, 3.63) is 0 Å². The first kappa shape index (κ1) is 15.9. The van der Waals surface area contributed by atoms with Crippen LogP contribution in [0.5, 0.6) is 0 Å². The molecule has 0 radical (unpaired) electrons. The first-order chi connectivity index (χ1) is 10.3. The third kappa shape index (κ3) is 4.08. The van der Waals surface area contributed by atoms with Gasteiger partial charge in [-0.1, -0.05) is 25.7 Å². The summed E-state index contributed by atoms with van der Waals surface area (Å²) in [7, 11) is -0.534. The van der Waals surface area contributed by atoms with E-state index in [2.05, 4.69) is 10.2 Å². The van der Waals surface area contributed by atoms with Crippen molar-refractivity contribution >= 4 is 10.8 Å². The van der Waals surface area contributed by atoms with Gasteiger partial charge in [-0.3, -0.25) is 9.11 Å². The summed E-state index contributed by atoms with van der Waals surface area (Å²) in [5.74, 6) is 1.82. The van der Waals surface area contributed by atoms with Gasteiger partial charge in [-0.25, -0.2) is 0 Å². The van der Waals surface area contributed by atoms with E-state index in [9.17, 15) is 4.21 Å². The fourth-order valence-electron chi connectivity index (χ4n) is 4.52. The van der Waals surface area contributed by atoms with Gasteiger partial charge in [-0.2, -0.15) is 0 Å². The summed E-state index contributed by atoms with van der Waals surface area (Å²) in [6.07, 6.45) is 13.5. The Bertz CT molecular complexity index is 339. The topological polar surface area (TPSA) is 32.3 Å². The molecule has 0 spiro atoms. The lowest BCUT2D eigenvalue weighted by atomic mass is 9.79. The van der Waals surface area contributed by atoms with Crippen molar-refractivity contribution in [1.29, 1.82) is 0 Å². The quantitative estimate of drug-likeness (QED) is 0.866. The van der Waals surface area contributed by atoms with Gasteiger partial charge >= 0.3 is 0 Å². The molecule has 0 amide bonds. The Labute approximate surface area is 132 Å². The molecule has 1 aliphatic carbocycles. The molecular formula is C17H32N2OS. The van der Waals surface area contributed by atoms with E-state index in [0.717, 1.165) is 24.3 Å². The molecule has 0 aromatic heterocycles. The van der Waals surface area contributed by atoms with Crippen LogP contribution in [0, 0.1) is 0 Å². The molecule has 3 nitrogen and oxygen atoms in total. The van der Waals surface area contributed by atoms with E-state index in [1.165, 1.54) is 71.0 Å². The number of likely N-dealkylation sites (tertiary alicyclic amines) is 1. The van der Waals surface area contributed by atoms with E-state index in [1.807, 2.05) is 0 Å². The molecular weight excluding hydrogens is 280 g/mol. The largest absolute Gasteiger partial charge is 0.312 e. The van der Waals surface area contributed by atoms with Gasteiger partial charge in [0, 0.05) is 40.4 Å². The summed E-state index contributed by atoms with van der Waals surface area (Å²) in [4.78, 5) is 2.82. The van der Waals surface area contributed by atoms with E-state index in [4.69, 9.17) is 0 Å². The summed E-state index contributed by atoms with van der Waals surface area (Å²) in [5.41, 5.74) is 0.440. The molecule has 4 heteroatoms. The van der Waals surface area contributed by atoms with Gasteiger partial charge in [0.2, 0.25) is 0 Å². The second-order valence-corrected chi connectivity index (χ2v) is 9.03.